The van der Waals surface area contributed by atoms with E-state index in [0.29, 0.717) is 5.82 Å². The Morgan fingerprint density at radius 1 is 1.21 bits per heavy atom. The molecule has 1 aromatic heterocycles. The molecule has 0 aliphatic rings. The topological polar surface area (TPSA) is 79.1 Å². The summed E-state index contributed by atoms with van der Waals surface area (Å²) in [5.41, 5.74) is 2.58. The van der Waals surface area contributed by atoms with Crippen LogP contribution < -0.4 is 16.6 Å². The highest BCUT2D eigenvalue weighted by Gasteiger charge is 2.07. The summed E-state index contributed by atoms with van der Waals surface area (Å²) < 4.78 is 0. The highest BCUT2D eigenvalue weighted by Crippen LogP contribution is 2.16. The van der Waals surface area contributed by atoms with E-state index in [1.54, 1.807) is 0 Å². The van der Waals surface area contributed by atoms with Crippen molar-refractivity contribution in [3.8, 4) is 0 Å². The minimum absolute atomic E-state index is 0.280. The van der Waals surface area contributed by atoms with Crippen molar-refractivity contribution in [2.75, 3.05) is 37.9 Å². The molecule has 6 heteroatoms. The van der Waals surface area contributed by atoms with Crippen molar-refractivity contribution in [1.82, 2.24) is 14.9 Å². The Labute approximate surface area is 115 Å². The Morgan fingerprint density at radius 2 is 1.89 bits per heavy atom. The predicted octanol–water partition coefficient (Wildman–Crippen LogP) is 1.64. The number of rotatable bonds is 8. The molecule has 0 aliphatic carbocycles. The average molecular weight is 266 g/mol. The fourth-order valence-corrected chi connectivity index (χ4v) is 1.66. The Morgan fingerprint density at radius 3 is 2.47 bits per heavy atom. The normalized spacial score (nSPS) is 11.1. The molecule has 1 heterocycles. The molecule has 0 saturated carbocycles. The van der Waals surface area contributed by atoms with Crippen LogP contribution in [0.5, 0.6) is 0 Å². The summed E-state index contributed by atoms with van der Waals surface area (Å²) in [6.45, 7) is 6.15. The van der Waals surface area contributed by atoms with Crippen LogP contribution >= 0.6 is 0 Å². The molecule has 0 unspecified atom stereocenters. The monoisotopic (exact) mass is 266 g/mol. The number of unbranched alkanes of at least 4 members (excludes halogenated alkanes) is 1. The van der Waals surface area contributed by atoms with Crippen LogP contribution in [-0.4, -0.2) is 42.1 Å². The number of anilines is 2. The van der Waals surface area contributed by atoms with E-state index in [1.165, 1.54) is 6.42 Å². The van der Waals surface area contributed by atoms with E-state index >= 15 is 0 Å². The molecule has 0 bridgehead atoms. The van der Waals surface area contributed by atoms with Crippen LogP contribution in [-0.2, 0) is 0 Å². The van der Waals surface area contributed by atoms with Crippen molar-refractivity contribution in [1.29, 1.82) is 0 Å². The second-order valence-corrected chi connectivity index (χ2v) is 5.23. The molecule has 0 atom stereocenters. The zero-order chi connectivity index (χ0) is 14.3. The minimum Gasteiger partial charge on any atom is -0.370 e. The molecule has 6 nitrogen and oxygen atoms in total. The van der Waals surface area contributed by atoms with Crippen LogP contribution in [0.1, 0.15) is 38.4 Å². The summed E-state index contributed by atoms with van der Waals surface area (Å²) in [5, 5.41) is 3.32. The van der Waals surface area contributed by atoms with E-state index in [1.807, 2.05) is 6.07 Å². The van der Waals surface area contributed by atoms with Gasteiger partial charge in [0.1, 0.15) is 17.5 Å². The van der Waals surface area contributed by atoms with E-state index in [9.17, 15) is 0 Å². The van der Waals surface area contributed by atoms with Gasteiger partial charge in [-0.1, -0.05) is 13.8 Å². The molecule has 0 saturated heterocycles. The molecule has 1 rings (SSSR count). The van der Waals surface area contributed by atoms with Crippen molar-refractivity contribution in [3.63, 3.8) is 0 Å². The lowest BCUT2D eigenvalue weighted by molar-refractivity contribution is 0.396. The van der Waals surface area contributed by atoms with Gasteiger partial charge in [0.2, 0.25) is 0 Å². The first-order valence-corrected chi connectivity index (χ1v) is 6.77. The van der Waals surface area contributed by atoms with Gasteiger partial charge in [-0.2, -0.15) is 0 Å². The maximum Gasteiger partial charge on any atom is 0.145 e. The van der Waals surface area contributed by atoms with Crippen LogP contribution in [0.3, 0.4) is 0 Å². The SMILES string of the molecule is CC(C)c1nc(NN)cc(NCCCCN(C)C)n1. The van der Waals surface area contributed by atoms with Crippen molar-refractivity contribution in [3.05, 3.63) is 11.9 Å². The average Bonchev–Trinajstić information content (AvgIpc) is 2.37. The summed E-state index contributed by atoms with van der Waals surface area (Å²) in [6.07, 6.45) is 2.29. The third kappa shape index (κ3) is 5.85. The first-order chi connectivity index (χ1) is 9.02. The molecule has 0 aliphatic heterocycles. The van der Waals surface area contributed by atoms with E-state index in [-0.39, 0.29) is 5.92 Å². The van der Waals surface area contributed by atoms with E-state index in [2.05, 4.69) is 53.6 Å². The maximum absolute atomic E-state index is 5.42. The number of nitrogens with one attached hydrogen (secondary N) is 2. The molecular formula is C13H26N6. The Hall–Kier alpha value is -1.40. The largest absolute Gasteiger partial charge is 0.370 e. The number of hydrazine groups is 1. The second-order valence-electron chi connectivity index (χ2n) is 5.23. The molecule has 0 spiro atoms. The zero-order valence-electron chi connectivity index (χ0n) is 12.4. The van der Waals surface area contributed by atoms with Gasteiger partial charge < -0.3 is 15.6 Å². The minimum atomic E-state index is 0.280. The van der Waals surface area contributed by atoms with Crippen LogP contribution in [0, 0.1) is 0 Å². The number of aromatic nitrogens is 2. The standard InChI is InChI=1S/C13H26N6/c1-10(2)13-16-11(9-12(17-13)18-14)15-7-5-6-8-19(3)4/h9-10H,5-8,14H2,1-4H3,(H2,15,16,17,18). The Bertz CT molecular complexity index is 377. The fraction of sp³-hybridized carbons (Fsp3) is 0.692. The van der Waals surface area contributed by atoms with Gasteiger partial charge in [-0.15, -0.1) is 0 Å². The summed E-state index contributed by atoms with van der Waals surface area (Å²) in [6, 6.07) is 1.83. The van der Waals surface area contributed by atoms with Crippen LogP contribution in [0.2, 0.25) is 0 Å². The fourth-order valence-electron chi connectivity index (χ4n) is 1.66. The summed E-state index contributed by atoms with van der Waals surface area (Å²) in [7, 11) is 4.18. The van der Waals surface area contributed by atoms with Gasteiger partial charge in [-0.25, -0.2) is 15.8 Å². The number of hydrogen-bond donors (Lipinski definition) is 3. The molecule has 19 heavy (non-hydrogen) atoms. The van der Waals surface area contributed by atoms with Crippen molar-refractivity contribution in [2.45, 2.75) is 32.6 Å². The van der Waals surface area contributed by atoms with E-state index in [4.69, 9.17) is 5.84 Å². The van der Waals surface area contributed by atoms with Gasteiger partial charge >= 0.3 is 0 Å². The first kappa shape index (κ1) is 15.7. The number of hydrogen-bond acceptors (Lipinski definition) is 6. The molecule has 108 valence electrons. The smallest absolute Gasteiger partial charge is 0.145 e. The lowest BCUT2D eigenvalue weighted by Gasteiger charge is -2.12. The van der Waals surface area contributed by atoms with E-state index in [0.717, 1.165) is 31.2 Å². The maximum atomic E-state index is 5.42. The molecular weight excluding hydrogens is 240 g/mol. The summed E-state index contributed by atoms with van der Waals surface area (Å²) >= 11 is 0. The van der Waals surface area contributed by atoms with Gasteiger partial charge in [-0.05, 0) is 33.5 Å². The number of nitrogens with zero attached hydrogens (tertiary/aromatic N) is 3. The Kier molecular flexibility index (Phi) is 6.52. The lowest BCUT2D eigenvalue weighted by Crippen LogP contribution is -2.15. The summed E-state index contributed by atoms with van der Waals surface area (Å²) in [5.74, 6) is 7.98. The molecule has 0 radical (unpaired) electrons. The van der Waals surface area contributed by atoms with E-state index < -0.39 is 0 Å². The predicted molar refractivity (Wildman–Crippen MR) is 80.2 cm³/mol. The first-order valence-electron chi connectivity index (χ1n) is 6.77. The zero-order valence-corrected chi connectivity index (χ0v) is 12.4. The Balaban J connectivity index is 2.50. The summed E-state index contributed by atoms with van der Waals surface area (Å²) in [4.78, 5) is 11.0. The quantitative estimate of drug-likeness (QED) is 0.377. The van der Waals surface area contributed by atoms with Crippen LogP contribution in [0.25, 0.3) is 0 Å². The highest BCUT2D eigenvalue weighted by molar-refractivity contribution is 5.47. The van der Waals surface area contributed by atoms with Gasteiger partial charge in [0, 0.05) is 18.5 Å². The van der Waals surface area contributed by atoms with Gasteiger partial charge in [-0.3, -0.25) is 0 Å². The number of nitrogens with two attached hydrogens (primary N) is 1. The van der Waals surface area contributed by atoms with Crippen LogP contribution in [0.4, 0.5) is 11.6 Å². The highest BCUT2D eigenvalue weighted by atomic mass is 15.3. The third-order valence-corrected chi connectivity index (χ3v) is 2.75. The second kappa shape index (κ2) is 7.91. The molecule has 1 aromatic rings. The molecule has 4 N–H and O–H groups in total. The molecule has 0 fully saturated rings. The molecule has 0 amide bonds. The van der Waals surface area contributed by atoms with Crippen molar-refractivity contribution >= 4 is 11.6 Å². The lowest BCUT2D eigenvalue weighted by atomic mass is 10.2. The number of nitrogen functional groups attached to an aromatic ring is 1. The van der Waals surface area contributed by atoms with Gasteiger partial charge in [0.25, 0.3) is 0 Å². The third-order valence-electron chi connectivity index (χ3n) is 2.75. The van der Waals surface area contributed by atoms with Crippen molar-refractivity contribution in [2.24, 2.45) is 5.84 Å². The molecule has 0 aromatic carbocycles. The van der Waals surface area contributed by atoms with Gasteiger partial charge in [0.15, 0.2) is 0 Å². The van der Waals surface area contributed by atoms with Gasteiger partial charge in [0.05, 0.1) is 0 Å². The van der Waals surface area contributed by atoms with Crippen LogP contribution in [0.15, 0.2) is 6.07 Å². The van der Waals surface area contributed by atoms with Crippen molar-refractivity contribution < 1.29 is 0 Å².